The number of hydrogen-bond donors (Lipinski definition) is 0. The van der Waals surface area contributed by atoms with E-state index in [1.165, 1.54) is 45.5 Å². The van der Waals surface area contributed by atoms with Crippen LogP contribution in [0.25, 0.3) is 17.2 Å². The van der Waals surface area contributed by atoms with Crippen LogP contribution in [0.4, 0.5) is 0 Å². The van der Waals surface area contributed by atoms with Gasteiger partial charge < -0.3 is 0 Å². The van der Waals surface area contributed by atoms with E-state index in [1.807, 2.05) is 91.0 Å². The molecule has 0 heterocycles. The molecule has 6 heteroatoms. The Kier molecular flexibility index (Phi) is 20.3. The first-order chi connectivity index (χ1) is 30.7. The third-order valence-corrected chi connectivity index (χ3v) is 13.2. The molecule has 0 unspecified atom stereocenters. The molecule has 5 radical (unpaired) electrons. The first kappa shape index (κ1) is 49.9. The Bertz CT molecular complexity index is 2500. The van der Waals surface area contributed by atoms with Crippen LogP contribution in [0.2, 0.25) is 0 Å². The standard InChI is InChI=1S/C30H17N4.C18H15P.C10H15.Ru/c31-19-26(20-32)29(25-16-8-3-9-17-25)30(27(21-33)22-34)28(24-14-6-2-7-15-24)18-10-13-23-11-4-1-5-12-23;1-4-10-16(11-5-1)19(17-12-6-2-7-13-17)18-14-8-3-9-15-18;1-6-7(2)9(4)10(5)8(6)3;/h1-17H;1-15H;1-5H3;/q-1;;;+2/b13-10+;;;. The number of benzene rings is 6. The predicted octanol–water partition coefficient (Wildman–Crippen LogP) is 12.8. The molecule has 1 aliphatic carbocycles. The second-order valence-corrected chi connectivity index (χ2v) is 16.6. The van der Waals surface area contributed by atoms with E-state index in [0.29, 0.717) is 16.7 Å². The topological polar surface area (TPSA) is 95.2 Å². The molecule has 1 fully saturated rings. The molecule has 0 atom stereocenters. The van der Waals surface area contributed by atoms with Crippen LogP contribution in [0.5, 0.6) is 0 Å². The molecule has 0 aromatic heterocycles. The normalized spacial score (nSPS) is 13.1. The van der Waals surface area contributed by atoms with Crippen LogP contribution >= 0.6 is 7.92 Å². The zero-order chi connectivity index (χ0) is 45.0. The molecule has 0 N–H and O–H groups in total. The zero-order valence-corrected chi connectivity index (χ0v) is 39.2. The molecule has 0 bridgehead atoms. The molecular weight excluding hydrogens is 885 g/mol. The van der Waals surface area contributed by atoms with Gasteiger partial charge in [0.25, 0.3) is 0 Å². The summed E-state index contributed by atoms with van der Waals surface area (Å²) < 4.78 is 0. The van der Waals surface area contributed by atoms with Crippen LogP contribution in [0.3, 0.4) is 0 Å². The van der Waals surface area contributed by atoms with Gasteiger partial charge in [0.05, 0.1) is 5.57 Å². The van der Waals surface area contributed by atoms with Crippen LogP contribution in [-0.4, -0.2) is 0 Å². The van der Waals surface area contributed by atoms with Gasteiger partial charge in [0.15, 0.2) is 0 Å². The summed E-state index contributed by atoms with van der Waals surface area (Å²) in [5.41, 5.74) is 2.56. The van der Waals surface area contributed by atoms with Crippen molar-refractivity contribution < 1.29 is 19.5 Å². The SMILES string of the molecule is C[C]1[C](C)[C](C)[C](C)[C]1C.N#CC(C#N)=C(C(=[C-]/C=C/c1ccccc1)c1ccccc1)C(=C(C#N)C#N)c1ccccc1.[Ru+2].c1ccc(P(c2ccccc2)c2ccccc2)cc1. The zero-order valence-electron chi connectivity index (χ0n) is 36.6. The van der Waals surface area contributed by atoms with Gasteiger partial charge >= 0.3 is 19.5 Å². The molecule has 7 rings (SSSR count). The van der Waals surface area contributed by atoms with Crippen molar-refractivity contribution in [3.05, 3.63) is 257 Å². The Balaban J connectivity index is 0.000000248. The summed E-state index contributed by atoms with van der Waals surface area (Å²) in [6, 6.07) is 67.7. The van der Waals surface area contributed by atoms with E-state index in [0.717, 1.165) is 5.56 Å². The molecule has 4 nitrogen and oxygen atoms in total. The van der Waals surface area contributed by atoms with Crippen LogP contribution in [-0.2, 0) is 19.5 Å². The minimum atomic E-state index is -0.446. The quantitative estimate of drug-likeness (QED) is 0.0474. The summed E-state index contributed by atoms with van der Waals surface area (Å²) in [5.74, 6) is 7.34. The third kappa shape index (κ3) is 13.2. The van der Waals surface area contributed by atoms with Gasteiger partial charge in [-0.05, 0) is 64.6 Å². The summed E-state index contributed by atoms with van der Waals surface area (Å²) in [6.07, 6.45) is 6.76. The Labute approximate surface area is 395 Å². The van der Waals surface area contributed by atoms with Gasteiger partial charge in [-0.1, -0.05) is 233 Å². The minimum absolute atomic E-state index is 0. The monoisotopic (exact) mass is 932 g/mol. The maximum absolute atomic E-state index is 9.84. The van der Waals surface area contributed by atoms with Crippen molar-refractivity contribution >= 4 is 41.1 Å². The van der Waals surface area contributed by atoms with Gasteiger partial charge in [-0.15, -0.1) is 23.8 Å². The Hall–Kier alpha value is -6.71. The van der Waals surface area contributed by atoms with Crippen LogP contribution in [0.15, 0.2) is 205 Å². The van der Waals surface area contributed by atoms with Gasteiger partial charge in [0.2, 0.25) is 0 Å². The number of rotatable bonds is 9. The molecule has 1 saturated carbocycles. The van der Waals surface area contributed by atoms with E-state index in [9.17, 15) is 21.0 Å². The van der Waals surface area contributed by atoms with Gasteiger partial charge in [-0.25, -0.2) is 0 Å². The molecule has 6 aromatic rings. The van der Waals surface area contributed by atoms with E-state index in [1.54, 1.807) is 36.4 Å². The number of hydrogen-bond acceptors (Lipinski definition) is 4. The molecule has 311 valence electrons. The average Bonchev–Trinajstić information content (AvgIpc) is 3.51. The summed E-state index contributed by atoms with van der Waals surface area (Å²) in [7, 11) is -0.446. The second kappa shape index (κ2) is 26.0. The molecular formula is C58H47N4PRu+. The molecule has 0 spiro atoms. The molecule has 0 amide bonds. The van der Waals surface area contributed by atoms with Gasteiger partial charge in [0.1, 0.15) is 29.8 Å². The van der Waals surface area contributed by atoms with E-state index in [2.05, 4.69) is 132 Å². The number of allylic oxidation sites excluding steroid dienone is 7. The maximum atomic E-state index is 9.84. The van der Waals surface area contributed by atoms with E-state index < -0.39 is 7.92 Å². The summed E-state index contributed by atoms with van der Waals surface area (Å²) in [5, 5.41) is 43.4. The van der Waals surface area contributed by atoms with E-state index >= 15 is 0 Å². The predicted molar refractivity (Wildman–Crippen MR) is 261 cm³/mol. The maximum Gasteiger partial charge on any atom is 2.00 e. The van der Waals surface area contributed by atoms with Crippen LogP contribution < -0.4 is 15.9 Å². The van der Waals surface area contributed by atoms with Crippen LogP contribution in [0.1, 0.15) is 51.3 Å². The number of nitrogens with zero attached hydrogens (tertiary/aromatic N) is 4. The summed E-state index contributed by atoms with van der Waals surface area (Å²) in [4.78, 5) is 0. The molecule has 0 aliphatic heterocycles. The van der Waals surface area contributed by atoms with Gasteiger partial charge in [-0.2, -0.15) is 21.0 Å². The first-order valence-electron chi connectivity index (χ1n) is 20.4. The van der Waals surface area contributed by atoms with Crippen molar-refractivity contribution in [2.75, 3.05) is 0 Å². The van der Waals surface area contributed by atoms with Crippen molar-refractivity contribution in [1.82, 2.24) is 0 Å². The largest absolute Gasteiger partial charge is 2.00 e. The van der Waals surface area contributed by atoms with E-state index in [-0.39, 0.29) is 41.8 Å². The fourth-order valence-electron chi connectivity index (χ4n) is 6.94. The van der Waals surface area contributed by atoms with Gasteiger partial charge in [0, 0.05) is 0 Å². The third-order valence-electron chi connectivity index (χ3n) is 10.7. The fourth-order valence-corrected chi connectivity index (χ4v) is 9.25. The second-order valence-electron chi connectivity index (χ2n) is 14.4. The summed E-state index contributed by atoms with van der Waals surface area (Å²) in [6.45, 7) is 11.0. The minimum Gasteiger partial charge on any atom is -0.193 e. The van der Waals surface area contributed by atoms with Crippen molar-refractivity contribution in [3.63, 3.8) is 0 Å². The molecule has 0 saturated heterocycles. The van der Waals surface area contributed by atoms with Crippen molar-refractivity contribution in [2.24, 2.45) is 0 Å². The summed E-state index contributed by atoms with van der Waals surface area (Å²) >= 11 is 0. The van der Waals surface area contributed by atoms with Crippen LogP contribution in [0, 0.1) is 81.0 Å². The van der Waals surface area contributed by atoms with Crippen molar-refractivity contribution in [3.8, 4) is 24.3 Å². The van der Waals surface area contributed by atoms with Crippen molar-refractivity contribution in [1.29, 1.82) is 21.0 Å². The average molecular weight is 932 g/mol. The molecule has 64 heavy (non-hydrogen) atoms. The van der Waals surface area contributed by atoms with E-state index in [4.69, 9.17) is 0 Å². The van der Waals surface area contributed by atoms with Gasteiger partial charge in [-0.3, -0.25) is 0 Å². The smallest absolute Gasteiger partial charge is 0.193 e. The Morgan fingerprint density at radius 3 is 1.08 bits per heavy atom. The Morgan fingerprint density at radius 2 is 0.734 bits per heavy atom. The van der Waals surface area contributed by atoms with Crippen molar-refractivity contribution in [2.45, 2.75) is 34.6 Å². The first-order valence-corrected chi connectivity index (χ1v) is 21.8. The fraction of sp³-hybridized carbons (Fsp3) is 0.0862. The molecule has 6 aromatic carbocycles. The molecule has 1 aliphatic rings. The number of nitriles is 4. The Morgan fingerprint density at radius 1 is 0.422 bits per heavy atom.